The number of H-pyrrole nitrogens is 1. The number of halogens is 2. The van der Waals surface area contributed by atoms with Crippen LogP contribution in [-0.4, -0.2) is 16.8 Å². The van der Waals surface area contributed by atoms with Crippen LogP contribution in [0.4, 0.5) is 5.82 Å². The first-order valence-electron chi connectivity index (χ1n) is 6.49. The molecule has 6 nitrogen and oxygen atoms in total. The Morgan fingerprint density at radius 1 is 1.43 bits per heavy atom. The molecule has 116 valence electrons. The molecule has 0 atom stereocenters. The molecule has 0 aliphatic heterocycles. The lowest BCUT2D eigenvalue weighted by Gasteiger charge is -2.11. The van der Waals surface area contributed by atoms with Crippen LogP contribution in [0.3, 0.4) is 0 Å². The summed E-state index contributed by atoms with van der Waals surface area (Å²) >= 11 is 4.40. The summed E-state index contributed by atoms with van der Waals surface area (Å²) in [7, 11) is 0. The second-order valence-electron chi connectivity index (χ2n) is 4.38. The third kappa shape index (κ3) is 3.76. The van der Waals surface area contributed by atoms with Crippen LogP contribution in [0.1, 0.15) is 23.7 Å². The molecule has 0 fully saturated rings. The summed E-state index contributed by atoms with van der Waals surface area (Å²) in [4.78, 5) is 0. The first-order valence-corrected chi connectivity index (χ1v) is 8.65. The van der Waals surface area contributed by atoms with Gasteiger partial charge in [0.25, 0.3) is 0 Å². The van der Waals surface area contributed by atoms with E-state index in [0.29, 0.717) is 18.1 Å². The molecule has 2 rings (SSSR count). The molecule has 1 aromatic heterocycles. The maximum atomic E-state index is 9.47. The molecule has 1 aromatic carbocycles. The highest BCUT2D eigenvalue weighted by molar-refractivity contribution is 14.1. The number of rotatable bonds is 4. The zero-order valence-electron chi connectivity index (χ0n) is 12.0. The Hall–Kier alpha value is -1.79. The SMILES string of the molecule is CCOc1c(I)cc(I)cc1C=C(C#N)c1[nH]nc(N)c1C#N. The molecule has 0 saturated heterocycles. The van der Waals surface area contributed by atoms with Gasteiger partial charge in [-0.1, -0.05) is 0 Å². The van der Waals surface area contributed by atoms with Crippen molar-refractivity contribution < 1.29 is 4.74 Å². The van der Waals surface area contributed by atoms with Crippen LogP contribution in [0.2, 0.25) is 0 Å². The molecule has 8 heteroatoms. The number of ether oxygens (including phenoxy) is 1. The smallest absolute Gasteiger partial charge is 0.163 e. The van der Waals surface area contributed by atoms with Crippen molar-refractivity contribution in [3.63, 3.8) is 0 Å². The number of allylic oxidation sites excluding steroid dienone is 1. The summed E-state index contributed by atoms with van der Waals surface area (Å²) in [6.07, 6.45) is 1.67. The molecule has 0 unspecified atom stereocenters. The molecule has 0 spiro atoms. The van der Waals surface area contributed by atoms with E-state index in [2.05, 4.69) is 61.4 Å². The monoisotopic (exact) mass is 531 g/mol. The van der Waals surface area contributed by atoms with Crippen molar-refractivity contribution in [3.8, 4) is 17.9 Å². The predicted molar refractivity (Wildman–Crippen MR) is 104 cm³/mol. The first-order chi connectivity index (χ1) is 11.0. The van der Waals surface area contributed by atoms with Crippen LogP contribution in [-0.2, 0) is 0 Å². The number of aromatic nitrogens is 2. The summed E-state index contributed by atoms with van der Waals surface area (Å²) in [5, 5.41) is 25.1. The molecule has 0 aliphatic rings. The van der Waals surface area contributed by atoms with Gasteiger partial charge in [0.15, 0.2) is 5.82 Å². The Morgan fingerprint density at radius 2 is 2.17 bits per heavy atom. The Kier molecular flexibility index (Phi) is 5.85. The fraction of sp³-hybridized carbons (Fsp3) is 0.133. The number of nitriles is 2. The van der Waals surface area contributed by atoms with Gasteiger partial charge in [-0.3, -0.25) is 5.10 Å². The van der Waals surface area contributed by atoms with E-state index in [4.69, 9.17) is 10.5 Å². The normalized spacial score (nSPS) is 10.9. The largest absolute Gasteiger partial charge is 0.492 e. The van der Waals surface area contributed by atoms with Gasteiger partial charge in [-0.2, -0.15) is 15.6 Å². The number of hydrogen-bond acceptors (Lipinski definition) is 5. The zero-order chi connectivity index (χ0) is 17.0. The average Bonchev–Trinajstić information content (AvgIpc) is 2.88. The van der Waals surface area contributed by atoms with E-state index < -0.39 is 0 Å². The Bertz CT molecular complexity index is 858. The highest BCUT2D eigenvalue weighted by Gasteiger charge is 2.16. The van der Waals surface area contributed by atoms with Gasteiger partial charge in [0.05, 0.1) is 21.4 Å². The quantitative estimate of drug-likeness (QED) is 0.464. The summed E-state index contributed by atoms with van der Waals surface area (Å²) in [5.41, 5.74) is 7.14. The first kappa shape index (κ1) is 17.6. The lowest BCUT2D eigenvalue weighted by Crippen LogP contribution is -1.98. The molecule has 0 aliphatic carbocycles. The highest BCUT2D eigenvalue weighted by atomic mass is 127. The van der Waals surface area contributed by atoms with E-state index in [1.165, 1.54) is 0 Å². The Balaban J connectivity index is 2.64. The van der Waals surface area contributed by atoms with Crippen LogP contribution in [0, 0.1) is 29.8 Å². The number of nitrogens with one attached hydrogen (secondary N) is 1. The van der Waals surface area contributed by atoms with Gasteiger partial charge in [-0.15, -0.1) is 0 Å². The number of anilines is 1. The fourth-order valence-corrected chi connectivity index (χ4v) is 4.01. The van der Waals surface area contributed by atoms with E-state index >= 15 is 0 Å². The van der Waals surface area contributed by atoms with Gasteiger partial charge in [0, 0.05) is 9.13 Å². The minimum Gasteiger partial charge on any atom is -0.492 e. The topological polar surface area (TPSA) is 112 Å². The van der Waals surface area contributed by atoms with Gasteiger partial charge < -0.3 is 10.5 Å². The molecule has 2 aromatic rings. The minimum atomic E-state index is 0.0749. The number of aromatic amines is 1. The Labute approximate surface area is 160 Å². The van der Waals surface area contributed by atoms with Crippen molar-refractivity contribution in [2.24, 2.45) is 0 Å². The molecular weight excluding hydrogens is 520 g/mol. The summed E-state index contributed by atoms with van der Waals surface area (Å²) < 4.78 is 7.65. The average molecular weight is 531 g/mol. The standard InChI is InChI=1S/C15H11I2N5O/c1-2-23-14-8(4-10(16)5-12(14)17)3-9(6-18)13-11(7-19)15(20)22-21-13/h3-5H,2H2,1H3,(H3,20,21,22). The Morgan fingerprint density at radius 3 is 2.78 bits per heavy atom. The van der Waals surface area contributed by atoms with Crippen molar-refractivity contribution in [3.05, 3.63) is 36.1 Å². The molecule has 1 heterocycles. The van der Waals surface area contributed by atoms with E-state index in [1.807, 2.05) is 25.1 Å². The lowest BCUT2D eigenvalue weighted by molar-refractivity contribution is 0.337. The number of nitrogen functional groups attached to an aromatic ring is 1. The third-order valence-corrected chi connectivity index (χ3v) is 4.35. The maximum absolute atomic E-state index is 9.47. The van der Waals surface area contributed by atoms with Gasteiger partial charge >= 0.3 is 0 Å². The van der Waals surface area contributed by atoms with Crippen molar-refractivity contribution >= 4 is 62.6 Å². The van der Waals surface area contributed by atoms with E-state index in [0.717, 1.165) is 12.7 Å². The number of nitrogens with zero attached hydrogens (tertiary/aromatic N) is 3. The maximum Gasteiger partial charge on any atom is 0.163 e. The molecule has 0 bridgehead atoms. The second kappa shape index (κ2) is 7.66. The number of nitrogens with two attached hydrogens (primary N) is 1. The second-order valence-corrected chi connectivity index (χ2v) is 6.79. The lowest BCUT2D eigenvalue weighted by atomic mass is 10.1. The third-order valence-electron chi connectivity index (χ3n) is 2.92. The van der Waals surface area contributed by atoms with Crippen LogP contribution in [0.15, 0.2) is 12.1 Å². The molecule has 0 radical (unpaired) electrons. The van der Waals surface area contributed by atoms with Gasteiger partial charge in [0.2, 0.25) is 0 Å². The zero-order valence-corrected chi connectivity index (χ0v) is 16.3. The van der Waals surface area contributed by atoms with Crippen LogP contribution in [0.25, 0.3) is 11.6 Å². The molecule has 0 amide bonds. The van der Waals surface area contributed by atoms with Gasteiger partial charge in [-0.25, -0.2) is 0 Å². The van der Waals surface area contributed by atoms with Crippen molar-refractivity contribution in [2.45, 2.75) is 6.92 Å². The van der Waals surface area contributed by atoms with Gasteiger partial charge in [0.1, 0.15) is 23.5 Å². The van der Waals surface area contributed by atoms with Crippen LogP contribution >= 0.6 is 45.2 Å². The molecule has 3 N–H and O–H groups in total. The van der Waals surface area contributed by atoms with E-state index in [1.54, 1.807) is 6.08 Å². The summed E-state index contributed by atoms with van der Waals surface area (Å²) in [5.74, 6) is 0.776. The fourth-order valence-electron chi connectivity index (χ4n) is 1.96. The van der Waals surface area contributed by atoms with E-state index in [-0.39, 0.29) is 17.0 Å². The number of hydrogen-bond donors (Lipinski definition) is 2. The molecule has 23 heavy (non-hydrogen) atoms. The van der Waals surface area contributed by atoms with Crippen LogP contribution < -0.4 is 10.5 Å². The van der Waals surface area contributed by atoms with Crippen molar-refractivity contribution in [1.29, 1.82) is 10.5 Å². The van der Waals surface area contributed by atoms with E-state index in [9.17, 15) is 10.5 Å². The van der Waals surface area contributed by atoms with Gasteiger partial charge in [-0.05, 0) is 70.3 Å². The molecule has 0 saturated carbocycles. The highest BCUT2D eigenvalue weighted by Crippen LogP contribution is 2.32. The van der Waals surface area contributed by atoms with Crippen LogP contribution in [0.5, 0.6) is 5.75 Å². The molecular formula is C15H11I2N5O. The summed E-state index contributed by atoms with van der Waals surface area (Å²) in [6.45, 7) is 2.41. The predicted octanol–water partition coefficient (Wildman–Crippen LogP) is 3.54. The van der Waals surface area contributed by atoms with Crippen molar-refractivity contribution in [1.82, 2.24) is 10.2 Å². The van der Waals surface area contributed by atoms with Crippen molar-refractivity contribution in [2.75, 3.05) is 12.3 Å². The number of benzene rings is 1. The minimum absolute atomic E-state index is 0.0749. The summed E-state index contributed by atoms with van der Waals surface area (Å²) in [6, 6.07) is 7.95.